The summed E-state index contributed by atoms with van der Waals surface area (Å²) in [7, 11) is 0. The highest BCUT2D eigenvalue weighted by molar-refractivity contribution is 9.10. The zero-order valence-corrected chi connectivity index (χ0v) is 9.72. The van der Waals surface area contributed by atoms with Crippen LogP contribution in [0, 0.1) is 0 Å². The van der Waals surface area contributed by atoms with Crippen LogP contribution in [0.25, 0.3) is 0 Å². The van der Waals surface area contributed by atoms with Gasteiger partial charge in [-0.25, -0.2) is 0 Å². The highest BCUT2D eigenvalue weighted by Gasteiger charge is 2.02. The second kappa shape index (κ2) is 5.56. The van der Waals surface area contributed by atoms with Crippen LogP contribution in [0.15, 0.2) is 22.7 Å². The van der Waals surface area contributed by atoms with Crippen molar-refractivity contribution in [2.75, 3.05) is 18.5 Å². The van der Waals surface area contributed by atoms with Crippen molar-refractivity contribution in [1.29, 1.82) is 0 Å². The first kappa shape index (κ1) is 11.8. The van der Waals surface area contributed by atoms with E-state index in [0.717, 1.165) is 10.2 Å². The summed E-state index contributed by atoms with van der Waals surface area (Å²) in [6.45, 7) is 0.0397. The predicted molar refractivity (Wildman–Crippen MR) is 60.7 cm³/mol. The monoisotopic (exact) mass is 279 g/mol. The Morgan fingerprint density at radius 3 is 2.71 bits per heavy atom. The van der Waals surface area contributed by atoms with Gasteiger partial charge < -0.3 is 15.5 Å². The van der Waals surface area contributed by atoms with Crippen molar-refractivity contribution >= 4 is 33.2 Å². The van der Waals surface area contributed by atoms with E-state index in [9.17, 15) is 0 Å². The highest BCUT2D eigenvalue weighted by atomic mass is 79.9. The number of nitrogens with one attached hydrogen (secondary N) is 1. The van der Waals surface area contributed by atoms with E-state index in [-0.39, 0.29) is 6.61 Å². The Balaban J connectivity index is 2.58. The minimum Gasteiger partial charge on any atom is -0.394 e. The molecule has 0 aliphatic heterocycles. The van der Waals surface area contributed by atoms with Gasteiger partial charge in [0.2, 0.25) is 0 Å². The predicted octanol–water partition coefficient (Wildman–Crippen LogP) is 1.87. The summed E-state index contributed by atoms with van der Waals surface area (Å²) in [6.07, 6.45) is -0.757. The molecule has 0 saturated carbocycles. The minimum atomic E-state index is -0.757. The van der Waals surface area contributed by atoms with Gasteiger partial charge in [-0.2, -0.15) is 0 Å². The molecule has 3 nitrogen and oxygen atoms in total. The average molecular weight is 281 g/mol. The van der Waals surface area contributed by atoms with Gasteiger partial charge in [-0.3, -0.25) is 0 Å². The molecule has 0 aliphatic carbocycles. The van der Waals surface area contributed by atoms with Crippen LogP contribution >= 0.6 is 27.5 Å². The first-order valence-corrected chi connectivity index (χ1v) is 5.28. The van der Waals surface area contributed by atoms with Crippen LogP contribution in [0.4, 0.5) is 5.69 Å². The molecular formula is C9H11BrClNO2. The number of halogens is 2. The van der Waals surface area contributed by atoms with E-state index in [1.54, 1.807) is 12.1 Å². The standard InChI is InChI=1S/C9H11BrClNO2/c10-6-1-7(11)3-8(2-6)12-4-9(14)5-13/h1-3,9,12-14H,4-5H2. The Morgan fingerprint density at radius 1 is 1.43 bits per heavy atom. The maximum atomic E-state index is 9.10. The molecule has 1 rings (SSSR count). The van der Waals surface area contributed by atoms with Crippen LogP contribution in [-0.2, 0) is 0 Å². The quantitative estimate of drug-likeness (QED) is 0.789. The molecule has 0 bridgehead atoms. The van der Waals surface area contributed by atoms with Crippen molar-refractivity contribution < 1.29 is 10.2 Å². The van der Waals surface area contributed by atoms with Crippen molar-refractivity contribution in [3.8, 4) is 0 Å². The van der Waals surface area contributed by atoms with E-state index in [1.807, 2.05) is 6.07 Å². The molecule has 0 spiro atoms. The van der Waals surface area contributed by atoms with E-state index in [0.29, 0.717) is 11.6 Å². The van der Waals surface area contributed by atoms with Crippen molar-refractivity contribution in [2.24, 2.45) is 0 Å². The van der Waals surface area contributed by atoms with Crippen LogP contribution in [-0.4, -0.2) is 29.5 Å². The molecule has 78 valence electrons. The molecule has 0 heterocycles. The third kappa shape index (κ3) is 3.84. The molecule has 5 heteroatoms. The highest BCUT2D eigenvalue weighted by Crippen LogP contribution is 2.22. The van der Waals surface area contributed by atoms with Gasteiger partial charge in [0.05, 0.1) is 12.7 Å². The smallest absolute Gasteiger partial charge is 0.0942 e. The molecule has 1 unspecified atom stereocenters. The second-order valence-electron chi connectivity index (χ2n) is 2.88. The van der Waals surface area contributed by atoms with E-state index in [1.165, 1.54) is 0 Å². The van der Waals surface area contributed by atoms with Crippen LogP contribution < -0.4 is 5.32 Å². The number of aliphatic hydroxyl groups excluding tert-OH is 2. The largest absolute Gasteiger partial charge is 0.394 e. The van der Waals surface area contributed by atoms with E-state index in [4.69, 9.17) is 21.8 Å². The van der Waals surface area contributed by atoms with E-state index >= 15 is 0 Å². The normalized spacial score (nSPS) is 12.6. The molecule has 0 radical (unpaired) electrons. The molecule has 1 aromatic carbocycles. The first-order chi connectivity index (χ1) is 6.61. The van der Waals surface area contributed by atoms with E-state index < -0.39 is 6.10 Å². The summed E-state index contributed by atoms with van der Waals surface area (Å²) in [5.41, 5.74) is 0.803. The molecular weight excluding hydrogens is 269 g/mol. The SMILES string of the molecule is OCC(O)CNc1cc(Cl)cc(Br)c1. The third-order valence-electron chi connectivity index (χ3n) is 1.62. The number of hydrogen-bond acceptors (Lipinski definition) is 3. The van der Waals surface area contributed by atoms with Crippen molar-refractivity contribution in [3.63, 3.8) is 0 Å². The summed E-state index contributed by atoms with van der Waals surface area (Å²) in [5.74, 6) is 0. The van der Waals surface area contributed by atoms with Crippen molar-refractivity contribution in [2.45, 2.75) is 6.10 Å². The molecule has 14 heavy (non-hydrogen) atoms. The van der Waals surface area contributed by atoms with Gasteiger partial charge in [-0.1, -0.05) is 27.5 Å². The fourth-order valence-corrected chi connectivity index (χ4v) is 1.82. The van der Waals surface area contributed by atoms with Gasteiger partial charge in [-0.05, 0) is 18.2 Å². The number of benzene rings is 1. The summed E-state index contributed by atoms with van der Waals surface area (Å²) in [5, 5.41) is 21.3. The molecule has 0 aliphatic rings. The van der Waals surface area contributed by atoms with Crippen LogP contribution in [0.1, 0.15) is 0 Å². The Bertz CT molecular complexity index is 289. The number of rotatable bonds is 4. The molecule has 0 saturated heterocycles. The summed E-state index contributed by atoms with van der Waals surface area (Å²) in [4.78, 5) is 0. The lowest BCUT2D eigenvalue weighted by Gasteiger charge is -2.10. The first-order valence-electron chi connectivity index (χ1n) is 4.10. The Kier molecular flexibility index (Phi) is 4.68. The van der Waals surface area contributed by atoms with Gasteiger partial charge in [0.25, 0.3) is 0 Å². The van der Waals surface area contributed by atoms with Gasteiger partial charge >= 0.3 is 0 Å². The lowest BCUT2D eigenvalue weighted by Crippen LogP contribution is -2.22. The molecule has 3 N–H and O–H groups in total. The Hall–Kier alpha value is -0.290. The molecule has 0 fully saturated rings. The number of aliphatic hydroxyl groups is 2. The lowest BCUT2D eigenvalue weighted by molar-refractivity contribution is 0.105. The fraction of sp³-hybridized carbons (Fsp3) is 0.333. The van der Waals surface area contributed by atoms with E-state index in [2.05, 4.69) is 21.2 Å². The molecule has 0 aromatic heterocycles. The van der Waals surface area contributed by atoms with Gasteiger partial charge in [0, 0.05) is 21.7 Å². The van der Waals surface area contributed by atoms with Gasteiger partial charge in [0.1, 0.15) is 0 Å². The summed E-state index contributed by atoms with van der Waals surface area (Å²) >= 11 is 9.12. The summed E-state index contributed by atoms with van der Waals surface area (Å²) < 4.78 is 0.867. The summed E-state index contributed by atoms with van der Waals surface area (Å²) in [6, 6.07) is 5.36. The Morgan fingerprint density at radius 2 is 2.14 bits per heavy atom. The van der Waals surface area contributed by atoms with Crippen LogP contribution in [0.2, 0.25) is 5.02 Å². The number of anilines is 1. The Labute approximate surface area is 95.8 Å². The fourth-order valence-electron chi connectivity index (χ4n) is 0.956. The van der Waals surface area contributed by atoms with Crippen LogP contribution in [0.5, 0.6) is 0 Å². The maximum absolute atomic E-state index is 9.10. The zero-order valence-electron chi connectivity index (χ0n) is 7.37. The van der Waals surface area contributed by atoms with Gasteiger partial charge in [0.15, 0.2) is 0 Å². The maximum Gasteiger partial charge on any atom is 0.0942 e. The lowest BCUT2D eigenvalue weighted by atomic mass is 10.3. The minimum absolute atomic E-state index is 0.255. The van der Waals surface area contributed by atoms with Crippen molar-refractivity contribution in [1.82, 2.24) is 0 Å². The van der Waals surface area contributed by atoms with Gasteiger partial charge in [-0.15, -0.1) is 0 Å². The molecule has 1 atom stereocenters. The average Bonchev–Trinajstić information content (AvgIpc) is 2.12. The third-order valence-corrected chi connectivity index (χ3v) is 2.29. The topological polar surface area (TPSA) is 52.5 Å². The molecule has 1 aromatic rings. The van der Waals surface area contributed by atoms with Crippen LogP contribution in [0.3, 0.4) is 0 Å². The molecule has 0 amide bonds. The second-order valence-corrected chi connectivity index (χ2v) is 4.23. The van der Waals surface area contributed by atoms with Crippen molar-refractivity contribution in [3.05, 3.63) is 27.7 Å². The number of hydrogen-bond donors (Lipinski definition) is 3. The zero-order chi connectivity index (χ0) is 10.6.